The Morgan fingerprint density at radius 3 is 2.57 bits per heavy atom. The van der Waals surface area contributed by atoms with Gasteiger partial charge >= 0.3 is 0 Å². The highest BCUT2D eigenvalue weighted by molar-refractivity contribution is 7.92. The number of sulfonamides is 1. The van der Waals surface area contributed by atoms with Gasteiger partial charge in [-0.25, -0.2) is 9.97 Å². The fourth-order valence-electron chi connectivity index (χ4n) is 4.02. The molecule has 28 heavy (non-hydrogen) atoms. The summed E-state index contributed by atoms with van der Waals surface area (Å²) < 4.78 is 29.0. The Labute approximate surface area is 161 Å². The van der Waals surface area contributed by atoms with E-state index in [2.05, 4.69) is 20.0 Å². The van der Waals surface area contributed by atoms with Gasteiger partial charge in [-0.15, -0.1) is 0 Å². The minimum absolute atomic E-state index is 0.00631. The minimum Gasteiger partial charge on any atom is -0.384 e. The Morgan fingerprint density at radius 1 is 1.18 bits per heavy atom. The van der Waals surface area contributed by atoms with E-state index in [1.54, 1.807) is 6.92 Å². The second kappa shape index (κ2) is 6.30. The Balaban J connectivity index is 1.83. The van der Waals surface area contributed by atoms with Crippen LogP contribution in [0.25, 0.3) is 0 Å². The Kier molecular flexibility index (Phi) is 4.14. The number of nitrogens with one attached hydrogen (secondary N) is 2. The molecule has 2 aliphatic rings. The number of pyridine rings is 1. The van der Waals surface area contributed by atoms with E-state index in [0.29, 0.717) is 18.4 Å². The first kappa shape index (κ1) is 18.4. The maximum atomic E-state index is 13.2. The quantitative estimate of drug-likeness (QED) is 0.637. The number of nitrogens with two attached hydrogens (primary N) is 1. The molecule has 0 radical (unpaired) electrons. The Bertz CT molecular complexity index is 1130. The lowest BCUT2D eigenvalue weighted by Gasteiger charge is -2.35. The average molecular weight is 404 g/mol. The standard InChI is InChI=1S/C17H20N6O4S/c1-10-7-11(22-28(26,27)13-8-12(18)19-9-20-13)16(25)23-14(10)15(24)21-17(23)5-3-2-4-6-17/h7-9,22H,2-6H2,1H3,(H,21,24)(H2,18,19,20). The van der Waals surface area contributed by atoms with Crippen LogP contribution in [0.4, 0.5) is 11.5 Å². The zero-order chi connectivity index (χ0) is 20.1. The van der Waals surface area contributed by atoms with Crippen LogP contribution in [0.15, 0.2) is 28.3 Å². The van der Waals surface area contributed by atoms with E-state index < -0.39 is 21.2 Å². The first-order valence-corrected chi connectivity index (χ1v) is 10.4. The largest absolute Gasteiger partial charge is 0.384 e. The zero-order valence-electron chi connectivity index (χ0n) is 15.2. The van der Waals surface area contributed by atoms with Crippen molar-refractivity contribution in [2.45, 2.75) is 49.7 Å². The number of carbonyl (C=O) groups is 1. The average Bonchev–Trinajstić information content (AvgIpc) is 2.92. The fourth-order valence-corrected chi connectivity index (χ4v) is 5.02. The summed E-state index contributed by atoms with van der Waals surface area (Å²) in [5, 5.41) is 2.61. The van der Waals surface area contributed by atoms with Gasteiger partial charge in [-0.1, -0.05) is 6.42 Å². The van der Waals surface area contributed by atoms with Gasteiger partial charge in [0.25, 0.3) is 21.5 Å². The van der Waals surface area contributed by atoms with Crippen LogP contribution in [0, 0.1) is 6.92 Å². The smallest absolute Gasteiger partial charge is 0.279 e. The van der Waals surface area contributed by atoms with Crippen LogP contribution < -0.4 is 21.3 Å². The molecule has 1 fully saturated rings. The van der Waals surface area contributed by atoms with Gasteiger partial charge in [0.15, 0.2) is 5.03 Å². The molecule has 0 bridgehead atoms. The Hall–Kier alpha value is -2.95. The molecular weight excluding hydrogens is 384 g/mol. The van der Waals surface area contributed by atoms with Crippen molar-refractivity contribution < 1.29 is 13.2 Å². The molecule has 2 aromatic heterocycles. The predicted molar refractivity (Wildman–Crippen MR) is 101 cm³/mol. The van der Waals surface area contributed by atoms with Crippen LogP contribution in [0.1, 0.15) is 48.2 Å². The van der Waals surface area contributed by atoms with Crippen LogP contribution >= 0.6 is 0 Å². The van der Waals surface area contributed by atoms with E-state index in [9.17, 15) is 18.0 Å². The van der Waals surface area contributed by atoms with Gasteiger partial charge in [-0.3, -0.25) is 18.9 Å². The second-order valence-corrected chi connectivity index (χ2v) is 8.79. The second-order valence-electron chi connectivity index (χ2n) is 7.16. The van der Waals surface area contributed by atoms with E-state index in [4.69, 9.17) is 5.73 Å². The van der Waals surface area contributed by atoms with Gasteiger partial charge in [0, 0.05) is 6.07 Å². The highest BCUT2D eigenvalue weighted by Crippen LogP contribution is 2.37. The number of hydrogen-bond donors (Lipinski definition) is 3. The molecule has 0 unspecified atom stereocenters. The fraction of sp³-hybridized carbons (Fsp3) is 0.412. The third-order valence-corrected chi connectivity index (χ3v) is 6.51. The van der Waals surface area contributed by atoms with Crippen molar-refractivity contribution in [3.63, 3.8) is 0 Å². The minimum atomic E-state index is -4.15. The number of rotatable bonds is 3. The number of aromatic nitrogens is 3. The van der Waals surface area contributed by atoms with Gasteiger partial charge in [-0.05, 0) is 44.2 Å². The summed E-state index contributed by atoms with van der Waals surface area (Å²) in [7, 11) is -4.15. The van der Waals surface area contributed by atoms with Crippen LogP contribution in [-0.2, 0) is 15.7 Å². The zero-order valence-corrected chi connectivity index (χ0v) is 16.0. The topological polar surface area (TPSA) is 149 Å². The normalized spacial score (nSPS) is 18.0. The first-order chi connectivity index (χ1) is 13.2. The van der Waals surface area contributed by atoms with Crippen molar-refractivity contribution in [2.75, 3.05) is 10.5 Å². The summed E-state index contributed by atoms with van der Waals surface area (Å²) in [6.07, 6.45) is 5.07. The molecule has 0 atom stereocenters. The van der Waals surface area contributed by atoms with E-state index >= 15 is 0 Å². The van der Waals surface area contributed by atoms with Gasteiger partial charge in [0.2, 0.25) is 0 Å². The molecule has 148 valence electrons. The number of nitrogens with zero attached hydrogens (tertiary/aromatic N) is 3. The first-order valence-electron chi connectivity index (χ1n) is 8.93. The maximum Gasteiger partial charge on any atom is 0.279 e. The van der Waals surface area contributed by atoms with Gasteiger partial charge in [-0.2, -0.15) is 8.42 Å². The summed E-state index contributed by atoms with van der Waals surface area (Å²) in [6.45, 7) is 1.67. The molecule has 1 spiro atoms. The lowest BCUT2D eigenvalue weighted by atomic mass is 9.89. The maximum absolute atomic E-state index is 13.2. The van der Waals surface area contributed by atoms with E-state index in [-0.39, 0.29) is 28.1 Å². The number of fused-ring (bicyclic) bond motifs is 2. The number of amides is 1. The Morgan fingerprint density at radius 2 is 1.89 bits per heavy atom. The molecule has 4 N–H and O–H groups in total. The van der Waals surface area contributed by atoms with Crippen LogP contribution in [0.3, 0.4) is 0 Å². The number of carbonyl (C=O) groups excluding carboxylic acids is 1. The summed E-state index contributed by atoms with van der Waals surface area (Å²) in [5.74, 6) is -0.317. The van der Waals surface area contributed by atoms with E-state index in [1.807, 2.05) is 0 Å². The lowest BCUT2D eigenvalue weighted by Crippen LogP contribution is -2.49. The van der Waals surface area contributed by atoms with Crippen molar-refractivity contribution >= 4 is 27.4 Å². The van der Waals surface area contributed by atoms with Crippen LogP contribution in [0.2, 0.25) is 0 Å². The molecular formula is C17H20N6O4S. The molecule has 2 aromatic rings. The van der Waals surface area contributed by atoms with Crippen molar-refractivity contribution in [1.29, 1.82) is 0 Å². The van der Waals surface area contributed by atoms with Crippen molar-refractivity contribution in [1.82, 2.24) is 19.9 Å². The molecule has 1 aliphatic heterocycles. The molecule has 4 rings (SSSR count). The third-order valence-electron chi connectivity index (χ3n) is 5.24. The predicted octanol–water partition coefficient (Wildman–Crippen LogP) is 0.690. The van der Waals surface area contributed by atoms with Crippen molar-refractivity contribution in [3.05, 3.63) is 40.1 Å². The van der Waals surface area contributed by atoms with Crippen LogP contribution in [-0.4, -0.2) is 28.9 Å². The molecule has 11 heteroatoms. The number of anilines is 2. The SMILES string of the molecule is Cc1cc(NS(=O)(=O)c2cc(N)ncn2)c(=O)n2c1C(=O)NC21CCCCC1. The van der Waals surface area contributed by atoms with E-state index in [0.717, 1.165) is 31.7 Å². The molecule has 0 saturated heterocycles. The summed E-state index contributed by atoms with van der Waals surface area (Å²) in [6, 6.07) is 2.48. The van der Waals surface area contributed by atoms with Gasteiger partial charge < -0.3 is 11.1 Å². The van der Waals surface area contributed by atoms with Gasteiger partial charge in [0.05, 0.1) is 0 Å². The molecule has 1 saturated carbocycles. The van der Waals surface area contributed by atoms with Gasteiger partial charge in [0.1, 0.15) is 29.2 Å². The monoisotopic (exact) mass is 404 g/mol. The number of aryl methyl sites for hydroxylation is 1. The molecule has 10 nitrogen and oxygen atoms in total. The molecule has 0 aromatic carbocycles. The summed E-state index contributed by atoms with van der Waals surface area (Å²) in [5.41, 5.74) is 4.82. The summed E-state index contributed by atoms with van der Waals surface area (Å²) >= 11 is 0. The third kappa shape index (κ3) is 2.82. The molecule has 3 heterocycles. The number of nitrogen functional groups attached to an aromatic ring is 1. The summed E-state index contributed by atoms with van der Waals surface area (Å²) in [4.78, 5) is 33.1. The number of hydrogen-bond acceptors (Lipinski definition) is 7. The highest BCUT2D eigenvalue weighted by Gasteiger charge is 2.45. The molecule has 1 aliphatic carbocycles. The highest BCUT2D eigenvalue weighted by atomic mass is 32.2. The lowest BCUT2D eigenvalue weighted by molar-refractivity contribution is 0.0876. The van der Waals surface area contributed by atoms with E-state index in [1.165, 1.54) is 10.6 Å². The van der Waals surface area contributed by atoms with Crippen molar-refractivity contribution in [2.24, 2.45) is 0 Å². The van der Waals surface area contributed by atoms with Crippen molar-refractivity contribution in [3.8, 4) is 0 Å². The molecule has 1 amide bonds. The van der Waals surface area contributed by atoms with Crippen LogP contribution in [0.5, 0.6) is 0 Å².